The number of hydrogen-bond acceptors (Lipinski definition) is 3. The van der Waals surface area contributed by atoms with Gasteiger partial charge in [-0.2, -0.15) is 0 Å². The van der Waals surface area contributed by atoms with Crippen molar-refractivity contribution in [3.8, 4) is 0 Å². The molecule has 1 aliphatic heterocycles. The average Bonchev–Trinajstić information content (AvgIpc) is 3.06. The standard InChI is InChI=1S/C15H26N2O3/c1-12(18)17(11-14-7-4-10-20-14)9-8-15(19)16-13-5-2-3-6-13/h13-14H,2-11H2,1H3,(H,16,19). The first-order valence-electron chi connectivity index (χ1n) is 7.81. The molecule has 1 atom stereocenters. The number of carbonyl (C=O) groups is 2. The number of nitrogens with zero attached hydrogens (tertiary/aromatic N) is 1. The second kappa shape index (κ2) is 7.62. The topological polar surface area (TPSA) is 58.6 Å². The molecule has 1 heterocycles. The van der Waals surface area contributed by atoms with Gasteiger partial charge in [-0.1, -0.05) is 12.8 Å². The lowest BCUT2D eigenvalue weighted by Gasteiger charge is -2.24. The van der Waals surface area contributed by atoms with E-state index in [1.165, 1.54) is 12.8 Å². The molecule has 2 aliphatic rings. The van der Waals surface area contributed by atoms with Crippen LogP contribution in [0, 0.1) is 0 Å². The molecule has 1 saturated heterocycles. The molecule has 20 heavy (non-hydrogen) atoms. The number of nitrogens with one attached hydrogen (secondary N) is 1. The molecule has 1 unspecified atom stereocenters. The van der Waals surface area contributed by atoms with Gasteiger partial charge in [0, 0.05) is 39.1 Å². The number of hydrogen-bond donors (Lipinski definition) is 1. The Kier molecular flexibility index (Phi) is 5.83. The molecule has 0 aromatic heterocycles. The summed E-state index contributed by atoms with van der Waals surface area (Å²) in [6, 6.07) is 0.353. The minimum Gasteiger partial charge on any atom is -0.376 e. The van der Waals surface area contributed by atoms with Gasteiger partial charge in [0.05, 0.1) is 6.10 Å². The molecular formula is C15H26N2O3. The summed E-state index contributed by atoms with van der Waals surface area (Å²) in [5.41, 5.74) is 0. The first-order valence-corrected chi connectivity index (χ1v) is 7.81. The number of carbonyl (C=O) groups excluding carboxylic acids is 2. The van der Waals surface area contributed by atoms with Crippen molar-refractivity contribution in [3.63, 3.8) is 0 Å². The third-order valence-corrected chi connectivity index (χ3v) is 4.22. The van der Waals surface area contributed by atoms with Crippen LogP contribution < -0.4 is 5.32 Å². The predicted molar refractivity (Wildman–Crippen MR) is 76.2 cm³/mol. The van der Waals surface area contributed by atoms with Crippen molar-refractivity contribution >= 4 is 11.8 Å². The van der Waals surface area contributed by atoms with Crippen molar-refractivity contribution in [2.45, 2.75) is 64.0 Å². The van der Waals surface area contributed by atoms with Crippen LogP contribution in [0.15, 0.2) is 0 Å². The highest BCUT2D eigenvalue weighted by Crippen LogP contribution is 2.18. The number of amides is 2. The first-order chi connectivity index (χ1) is 9.65. The second-order valence-electron chi connectivity index (χ2n) is 5.90. The van der Waals surface area contributed by atoms with Crippen molar-refractivity contribution in [1.29, 1.82) is 0 Å². The van der Waals surface area contributed by atoms with Crippen molar-refractivity contribution in [2.24, 2.45) is 0 Å². The van der Waals surface area contributed by atoms with E-state index < -0.39 is 0 Å². The van der Waals surface area contributed by atoms with Crippen LogP contribution in [0.3, 0.4) is 0 Å². The summed E-state index contributed by atoms with van der Waals surface area (Å²) >= 11 is 0. The maximum absolute atomic E-state index is 11.9. The van der Waals surface area contributed by atoms with E-state index in [0.717, 1.165) is 32.3 Å². The van der Waals surface area contributed by atoms with Crippen molar-refractivity contribution in [1.82, 2.24) is 10.2 Å². The average molecular weight is 282 g/mol. The Bertz CT molecular complexity index is 334. The van der Waals surface area contributed by atoms with Crippen molar-refractivity contribution in [3.05, 3.63) is 0 Å². The smallest absolute Gasteiger partial charge is 0.221 e. The van der Waals surface area contributed by atoms with Gasteiger partial charge in [0.2, 0.25) is 11.8 Å². The molecule has 1 aliphatic carbocycles. The fraction of sp³-hybridized carbons (Fsp3) is 0.867. The van der Waals surface area contributed by atoms with Crippen LogP contribution in [-0.4, -0.2) is 48.6 Å². The predicted octanol–water partition coefficient (Wildman–Crippen LogP) is 1.46. The van der Waals surface area contributed by atoms with Gasteiger partial charge in [0.1, 0.15) is 0 Å². The summed E-state index contributed by atoms with van der Waals surface area (Å²) < 4.78 is 5.55. The molecule has 0 spiro atoms. The highest BCUT2D eigenvalue weighted by molar-refractivity contribution is 5.78. The quantitative estimate of drug-likeness (QED) is 0.802. The number of rotatable bonds is 6. The highest BCUT2D eigenvalue weighted by Gasteiger charge is 2.22. The normalized spacial score (nSPS) is 22.9. The van der Waals surface area contributed by atoms with Crippen LogP contribution in [0.5, 0.6) is 0 Å². The van der Waals surface area contributed by atoms with Gasteiger partial charge in [0.25, 0.3) is 0 Å². The summed E-state index contributed by atoms with van der Waals surface area (Å²) in [6.07, 6.45) is 7.24. The second-order valence-corrected chi connectivity index (χ2v) is 5.90. The third-order valence-electron chi connectivity index (χ3n) is 4.22. The van der Waals surface area contributed by atoms with E-state index in [0.29, 0.717) is 25.6 Å². The Morgan fingerprint density at radius 3 is 2.55 bits per heavy atom. The molecule has 2 rings (SSSR count). The van der Waals surface area contributed by atoms with E-state index in [2.05, 4.69) is 5.32 Å². The van der Waals surface area contributed by atoms with Crippen LogP contribution in [0.4, 0.5) is 0 Å². The molecular weight excluding hydrogens is 256 g/mol. The monoisotopic (exact) mass is 282 g/mol. The van der Waals surface area contributed by atoms with E-state index in [4.69, 9.17) is 4.74 Å². The summed E-state index contributed by atoms with van der Waals surface area (Å²) in [5, 5.41) is 3.06. The SMILES string of the molecule is CC(=O)N(CCC(=O)NC1CCCC1)CC1CCCO1. The lowest BCUT2D eigenvalue weighted by atomic mass is 10.2. The van der Waals surface area contributed by atoms with Gasteiger partial charge in [-0.25, -0.2) is 0 Å². The fourth-order valence-corrected chi connectivity index (χ4v) is 3.02. The van der Waals surface area contributed by atoms with E-state index >= 15 is 0 Å². The Balaban J connectivity index is 1.70. The Labute approximate surface area is 121 Å². The lowest BCUT2D eigenvalue weighted by molar-refractivity contribution is -0.131. The van der Waals surface area contributed by atoms with E-state index in [1.807, 2.05) is 0 Å². The van der Waals surface area contributed by atoms with Crippen LogP contribution >= 0.6 is 0 Å². The fourth-order valence-electron chi connectivity index (χ4n) is 3.02. The highest BCUT2D eigenvalue weighted by atomic mass is 16.5. The summed E-state index contributed by atoms with van der Waals surface area (Å²) in [6.45, 7) is 3.46. The molecule has 0 bridgehead atoms. The summed E-state index contributed by atoms with van der Waals surface area (Å²) in [7, 11) is 0. The molecule has 114 valence electrons. The van der Waals surface area contributed by atoms with Crippen LogP contribution in [0.2, 0.25) is 0 Å². The van der Waals surface area contributed by atoms with Crippen molar-refractivity contribution < 1.29 is 14.3 Å². The largest absolute Gasteiger partial charge is 0.376 e. The van der Waals surface area contributed by atoms with Crippen LogP contribution in [0.25, 0.3) is 0 Å². The first kappa shape index (κ1) is 15.3. The third kappa shape index (κ3) is 4.78. The molecule has 5 nitrogen and oxygen atoms in total. The van der Waals surface area contributed by atoms with Crippen molar-refractivity contribution in [2.75, 3.05) is 19.7 Å². The molecule has 2 fully saturated rings. The van der Waals surface area contributed by atoms with Gasteiger partial charge >= 0.3 is 0 Å². The maximum Gasteiger partial charge on any atom is 0.221 e. The minimum atomic E-state index is 0.0224. The zero-order valence-electron chi connectivity index (χ0n) is 12.4. The zero-order chi connectivity index (χ0) is 14.4. The maximum atomic E-state index is 11.9. The molecule has 0 aromatic rings. The summed E-state index contributed by atoms with van der Waals surface area (Å²) in [5.74, 6) is 0.0876. The van der Waals surface area contributed by atoms with E-state index in [1.54, 1.807) is 11.8 Å². The van der Waals surface area contributed by atoms with Gasteiger partial charge in [-0.3, -0.25) is 9.59 Å². The lowest BCUT2D eigenvalue weighted by Crippen LogP contribution is -2.40. The van der Waals surface area contributed by atoms with Gasteiger partial charge in [-0.05, 0) is 25.7 Å². The Morgan fingerprint density at radius 1 is 1.20 bits per heavy atom. The van der Waals surface area contributed by atoms with Crippen LogP contribution in [0.1, 0.15) is 51.9 Å². The van der Waals surface area contributed by atoms with Gasteiger partial charge in [0.15, 0.2) is 0 Å². The van der Waals surface area contributed by atoms with Crippen LogP contribution in [-0.2, 0) is 14.3 Å². The molecule has 5 heteroatoms. The molecule has 2 amide bonds. The molecule has 1 N–H and O–H groups in total. The van der Waals surface area contributed by atoms with Gasteiger partial charge < -0.3 is 15.0 Å². The summed E-state index contributed by atoms with van der Waals surface area (Å²) in [4.78, 5) is 25.3. The Morgan fingerprint density at radius 2 is 1.95 bits per heavy atom. The van der Waals surface area contributed by atoms with E-state index in [9.17, 15) is 9.59 Å². The zero-order valence-corrected chi connectivity index (χ0v) is 12.4. The number of ether oxygens (including phenoxy) is 1. The molecule has 1 saturated carbocycles. The molecule has 0 aromatic carbocycles. The Hall–Kier alpha value is -1.10. The van der Waals surface area contributed by atoms with E-state index in [-0.39, 0.29) is 17.9 Å². The minimum absolute atomic E-state index is 0.0224. The van der Waals surface area contributed by atoms with Gasteiger partial charge in [-0.15, -0.1) is 0 Å². The molecule has 0 radical (unpaired) electrons.